The Kier molecular flexibility index (Phi) is 4.97. The maximum Gasteiger partial charge on any atom is 0.136 e. The summed E-state index contributed by atoms with van der Waals surface area (Å²) in [6.45, 7) is 4.67. The van der Waals surface area contributed by atoms with Crippen LogP contribution in [-0.2, 0) is 5.41 Å². The molecule has 1 nitrogen and oxygen atoms in total. The second-order valence-corrected chi connectivity index (χ2v) is 14.1. The van der Waals surface area contributed by atoms with Gasteiger partial charge in [-0.1, -0.05) is 135 Å². The van der Waals surface area contributed by atoms with Gasteiger partial charge >= 0.3 is 0 Å². The Labute approximate surface area is 278 Å². The van der Waals surface area contributed by atoms with Crippen LogP contribution in [0.1, 0.15) is 25.0 Å². The number of hydrogen-bond donors (Lipinski definition) is 0. The van der Waals surface area contributed by atoms with Crippen molar-refractivity contribution in [3.05, 3.63) is 157 Å². The maximum absolute atomic E-state index is 6.64. The third-order valence-corrected chi connectivity index (χ3v) is 11.2. The summed E-state index contributed by atoms with van der Waals surface area (Å²) in [4.78, 5) is 0. The molecule has 0 bridgehead atoms. The van der Waals surface area contributed by atoms with Crippen molar-refractivity contribution < 1.29 is 4.42 Å². The van der Waals surface area contributed by atoms with Gasteiger partial charge in [0.25, 0.3) is 0 Å². The Bertz CT molecular complexity index is 2970. The van der Waals surface area contributed by atoms with Crippen molar-refractivity contribution >= 4 is 65.0 Å². The molecule has 1 heteroatoms. The molecule has 224 valence electrons. The highest BCUT2D eigenvalue weighted by molar-refractivity contribution is 6.28. The monoisotopic (exact) mass is 610 g/mol. The molecular weight excluding hydrogens is 581 g/mol. The van der Waals surface area contributed by atoms with E-state index in [1.165, 1.54) is 98.4 Å². The molecule has 0 aliphatic heterocycles. The minimum absolute atomic E-state index is 0.0421. The standard InChI is InChI=1S/C47H30O/c1-47(2)39-10-6-5-9-37(39)45-40(47)23-24-41-46(45)38-22-17-32(26-42(38)48-41)34-19-14-29-15-20-35-33(18-13-28-16-21-36(34)44(29)43(28)35)31-12-11-27-7-3-4-8-30(27)25-31/h3-26H,1-2H3. The van der Waals surface area contributed by atoms with Gasteiger partial charge in [-0.3, -0.25) is 0 Å². The molecule has 48 heavy (non-hydrogen) atoms. The summed E-state index contributed by atoms with van der Waals surface area (Å²) in [7, 11) is 0. The van der Waals surface area contributed by atoms with E-state index >= 15 is 0 Å². The molecule has 9 aromatic carbocycles. The number of rotatable bonds is 2. The fraction of sp³-hybridized carbons (Fsp3) is 0.0638. The van der Waals surface area contributed by atoms with Crippen molar-refractivity contribution in [3.63, 3.8) is 0 Å². The molecule has 0 radical (unpaired) electrons. The molecule has 11 rings (SSSR count). The average molecular weight is 611 g/mol. The van der Waals surface area contributed by atoms with Gasteiger partial charge in [0.05, 0.1) is 0 Å². The van der Waals surface area contributed by atoms with Gasteiger partial charge in [-0.15, -0.1) is 0 Å². The molecule has 0 atom stereocenters. The van der Waals surface area contributed by atoms with E-state index in [1.54, 1.807) is 0 Å². The molecule has 1 aliphatic carbocycles. The third-order valence-electron chi connectivity index (χ3n) is 11.2. The summed E-state index contributed by atoms with van der Waals surface area (Å²) < 4.78 is 6.64. The van der Waals surface area contributed by atoms with Crippen molar-refractivity contribution in [2.24, 2.45) is 0 Å². The smallest absolute Gasteiger partial charge is 0.136 e. The zero-order chi connectivity index (χ0) is 31.7. The van der Waals surface area contributed by atoms with Gasteiger partial charge in [-0.05, 0) is 112 Å². The van der Waals surface area contributed by atoms with Gasteiger partial charge in [0.2, 0.25) is 0 Å². The van der Waals surface area contributed by atoms with Crippen molar-refractivity contribution in [3.8, 4) is 33.4 Å². The lowest BCUT2D eigenvalue weighted by Crippen LogP contribution is -2.14. The number of furan rings is 1. The van der Waals surface area contributed by atoms with Crippen LogP contribution in [0.2, 0.25) is 0 Å². The molecule has 0 spiro atoms. The Morgan fingerprint density at radius 1 is 0.396 bits per heavy atom. The Hall–Kier alpha value is -5.92. The number of benzene rings is 9. The quantitative estimate of drug-likeness (QED) is 0.178. The van der Waals surface area contributed by atoms with Crippen LogP contribution in [0.15, 0.2) is 150 Å². The lowest BCUT2D eigenvalue weighted by Gasteiger charge is -2.21. The second-order valence-electron chi connectivity index (χ2n) is 14.1. The molecule has 0 saturated heterocycles. The predicted octanol–water partition coefficient (Wildman–Crippen LogP) is 13.3. The van der Waals surface area contributed by atoms with Crippen LogP contribution in [0, 0.1) is 0 Å². The Morgan fingerprint density at radius 3 is 1.77 bits per heavy atom. The molecule has 10 aromatic rings. The highest BCUT2D eigenvalue weighted by Gasteiger charge is 2.37. The van der Waals surface area contributed by atoms with Crippen LogP contribution in [0.5, 0.6) is 0 Å². The molecule has 0 unspecified atom stereocenters. The summed E-state index contributed by atoms with van der Waals surface area (Å²) in [5.41, 5.74) is 12.2. The largest absolute Gasteiger partial charge is 0.456 e. The zero-order valence-electron chi connectivity index (χ0n) is 26.8. The van der Waals surface area contributed by atoms with E-state index in [9.17, 15) is 0 Å². The van der Waals surface area contributed by atoms with Crippen LogP contribution in [0.25, 0.3) is 98.4 Å². The molecule has 0 saturated carbocycles. The van der Waals surface area contributed by atoms with E-state index in [-0.39, 0.29) is 5.41 Å². The summed E-state index contributed by atoms with van der Waals surface area (Å²) in [6.07, 6.45) is 0. The van der Waals surface area contributed by atoms with Gasteiger partial charge in [0, 0.05) is 16.2 Å². The first-order valence-corrected chi connectivity index (χ1v) is 16.8. The van der Waals surface area contributed by atoms with Crippen molar-refractivity contribution in [1.29, 1.82) is 0 Å². The molecular formula is C47H30O. The van der Waals surface area contributed by atoms with Gasteiger partial charge in [0.15, 0.2) is 0 Å². The minimum atomic E-state index is -0.0421. The van der Waals surface area contributed by atoms with E-state index in [0.29, 0.717) is 0 Å². The second kappa shape index (κ2) is 9.12. The average Bonchev–Trinajstić information content (AvgIpc) is 3.61. The van der Waals surface area contributed by atoms with Crippen LogP contribution in [-0.4, -0.2) is 0 Å². The normalized spacial score (nSPS) is 13.8. The van der Waals surface area contributed by atoms with Gasteiger partial charge in [-0.2, -0.15) is 0 Å². The fourth-order valence-electron chi connectivity index (χ4n) is 8.89. The molecule has 0 fully saturated rings. The molecule has 0 N–H and O–H groups in total. The molecule has 0 amide bonds. The number of hydrogen-bond acceptors (Lipinski definition) is 1. The van der Waals surface area contributed by atoms with Gasteiger partial charge in [0.1, 0.15) is 11.2 Å². The summed E-state index contributed by atoms with van der Waals surface area (Å²) >= 11 is 0. The van der Waals surface area contributed by atoms with Crippen molar-refractivity contribution in [1.82, 2.24) is 0 Å². The lowest BCUT2D eigenvalue weighted by atomic mass is 9.82. The van der Waals surface area contributed by atoms with Gasteiger partial charge < -0.3 is 4.42 Å². The van der Waals surface area contributed by atoms with E-state index in [4.69, 9.17) is 4.42 Å². The SMILES string of the molecule is CC1(C)c2ccccc2-c2c1ccc1oc3cc(-c4ccc5ccc6c(-c7ccc8ccccc8c7)ccc7ccc4c5c76)ccc3c21. The van der Waals surface area contributed by atoms with Gasteiger partial charge in [-0.25, -0.2) is 0 Å². The fourth-order valence-corrected chi connectivity index (χ4v) is 8.89. The minimum Gasteiger partial charge on any atom is -0.456 e. The number of fused-ring (bicyclic) bond motifs is 8. The topological polar surface area (TPSA) is 13.1 Å². The maximum atomic E-state index is 6.64. The van der Waals surface area contributed by atoms with Crippen LogP contribution in [0.3, 0.4) is 0 Å². The van der Waals surface area contributed by atoms with Crippen LogP contribution < -0.4 is 0 Å². The highest BCUT2D eigenvalue weighted by Crippen LogP contribution is 2.53. The van der Waals surface area contributed by atoms with E-state index in [2.05, 4.69) is 159 Å². The first-order valence-electron chi connectivity index (χ1n) is 16.8. The highest BCUT2D eigenvalue weighted by atomic mass is 16.3. The first-order chi connectivity index (χ1) is 23.5. The van der Waals surface area contributed by atoms with Crippen LogP contribution >= 0.6 is 0 Å². The van der Waals surface area contributed by atoms with Crippen LogP contribution in [0.4, 0.5) is 0 Å². The van der Waals surface area contributed by atoms with E-state index < -0.39 is 0 Å². The first kappa shape index (κ1) is 26.2. The van der Waals surface area contributed by atoms with Crippen molar-refractivity contribution in [2.75, 3.05) is 0 Å². The Morgan fingerprint density at radius 2 is 1.00 bits per heavy atom. The predicted molar refractivity (Wildman–Crippen MR) is 203 cm³/mol. The summed E-state index contributed by atoms with van der Waals surface area (Å²) in [5, 5.41) is 12.7. The Balaban J connectivity index is 1.12. The summed E-state index contributed by atoms with van der Waals surface area (Å²) in [6, 6.07) is 53.9. The zero-order valence-corrected chi connectivity index (χ0v) is 26.8. The van der Waals surface area contributed by atoms with E-state index in [1.807, 2.05) is 0 Å². The third kappa shape index (κ3) is 3.35. The summed E-state index contributed by atoms with van der Waals surface area (Å²) in [5.74, 6) is 0. The molecule has 1 heterocycles. The van der Waals surface area contributed by atoms with E-state index in [0.717, 1.165) is 11.2 Å². The van der Waals surface area contributed by atoms with Crippen molar-refractivity contribution in [2.45, 2.75) is 19.3 Å². The lowest BCUT2D eigenvalue weighted by molar-refractivity contribution is 0.656. The molecule has 1 aliphatic rings. The molecule has 1 aromatic heterocycles.